The summed E-state index contributed by atoms with van der Waals surface area (Å²) >= 11 is 1.54. The maximum atomic E-state index is 12.3. The molecule has 0 fully saturated rings. The molecule has 0 saturated carbocycles. The van der Waals surface area contributed by atoms with Crippen molar-refractivity contribution in [2.24, 2.45) is 0 Å². The zero-order valence-corrected chi connectivity index (χ0v) is 16.5. The van der Waals surface area contributed by atoms with Gasteiger partial charge in [-0.05, 0) is 34.9 Å². The van der Waals surface area contributed by atoms with Gasteiger partial charge in [0.2, 0.25) is 5.91 Å². The first kappa shape index (κ1) is 19.7. The molecular weight excluding hydrogens is 354 g/mol. The quantitative estimate of drug-likeness (QED) is 0.756. The van der Waals surface area contributed by atoms with E-state index in [-0.39, 0.29) is 11.8 Å². The first-order valence-corrected chi connectivity index (χ1v) is 11.2. The highest BCUT2D eigenvalue weighted by Gasteiger charge is 2.22. The minimum absolute atomic E-state index is 0.0349. The molecular formula is C19H25NO3S2. The fraction of sp³-hybridized carbons (Fsp3) is 0.421. The number of nitrogens with one attached hydrogen (secondary N) is 1. The Hall–Kier alpha value is -1.66. The van der Waals surface area contributed by atoms with Crippen molar-refractivity contribution in [3.05, 3.63) is 57.8 Å². The molecule has 136 valence electrons. The average Bonchev–Trinajstić information content (AvgIpc) is 3.06. The molecule has 0 saturated heterocycles. The summed E-state index contributed by atoms with van der Waals surface area (Å²) in [5.41, 5.74) is 2.18. The molecule has 4 nitrogen and oxygen atoms in total. The van der Waals surface area contributed by atoms with Crippen LogP contribution >= 0.6 is 11.3 Å². The van der Waals surface area contributed by atoms with Gasteiger partial charge in [-0.25, -0.2) is 8.42 Å². The number of amides is 1. The summed E-state index contributed by atoms with van der Waals surface area (Å²) in [5, 5.41) is 4.84. The van der Waals surface area contributed by atoms with Crippen LogP contribution in [0.5, 0.6) is 0 Å². The van der Waals surface area contributed by atoms with Crippen molar-refractivity contribution in [2.75, 3.05) is 11.5 Å². The maximum Gasteiger partial charge on any atom is 0.235 e. The first-order valence-electron chi connectivity index (χ1n) is 8.45. The number of rotatable bonds is 8. The lowest BCUT2D eigenvalue weighted by atomic mass is 9.98. The predicted molar refractivity (Wildman–Crippen MR) is 104 cm³/mol. The maximum absolute atomic E-state index is 12.3. The summed E-state index contributed by atoms with van der Waals surface area (Å²) in [6, 6.07) is 11.7. The molecule has 1 amide bonds. The van der Waals surface area contributed by atoms with Crippen LogP contribution in [0.3, 0.4) is 0 Å². The van der Waals surface area contributed by atoms with E-state index in [4.69, 9.17) is 0 Å². The molecule has 1 unspecified atom stereocenters. The van der Waals surface area contributed by atoms with Crippen LogP contribution in [-0.2, 0) is 14.6 Å². The van der Waals surface area contributed by atoms with Gasteiger partial charge in [0.15, 0.2) is 9.84 Å². The third-order valence-corrected chi connectivity index (χ3v) is 6.61. The Labute approximate surface area is 154 Å². The Morgan fingerprint density at radius 3 is 2.28 bits per heavy atom. The van der Waals surface area contributed by atoms with E-state index in [0.29, 0.717) is 12.3 Å². The van der Waals surface area contributed by atoms with E-state index in [9.17, 15) is 13.2 Å². The predicted octanol–water partition coefficient (Wildman–Crippen LogP) is 3.90. The summed E-state index contributed by atoms with van der Waals surface area (Å²) in [5.74, 6) is -0.456. The van der Waals surface area contributed by atoms with Gasteiger partial charge < -0.3 is 5.32 Å². The summed E-state index contributed by atoms with van der Waals surface area (Å²) in [6.45, 7) is 6.05. The van der Waals surface area contributed by atoms with E-state index in [0.717, 1.165) is 10.4 Å². The number of hydrogen-bond donors (Lipinski definition) is 1. The van der Waals surface area contributed by atoms with Gasteiger partial charge in [-0.15, -0.1) is 11.3 Å². The van der Waals surface area contributed by atoms with Gasteiger partial charge >= 0.3 is 0 Å². The number of sulfone groups is 1. The summed E-state index contributed by atoms with van der Waals surface area (Å²) in [6.07, 6.45) is 0.515. The fourth-order valence-electron chi connectivity index (χ4n) is 2.63. The van der Waals surface area contributed by atoms with Crippen molar-refractivity contribution in [1.82, 2.24) is 5.32 Å². The fourth-order valence-corrected chi connectivity index (χ4v) is 4.68. The average molecular weight is 380 g/mol. The third-order valence-electron chi connectivity index (χ3n) is 3.94. The Morgan fingerprint density at radius 1 is 1.12 bits per heavy atom. The second kappa shape index (κ2) is 8.63. The Morgan fingerprint density at radius 2 is 1.76 bits per heavy atom. The smallest absolute Gasteiger partial charge is 0.235 e. The lowest BCUT2D eigenvalue weighted by Gasteiger charge is -2.19. The van der Waals surface area contributed by atoms with E-state index in [2.05, 4.69) is 31.3 Å². The monoisotopic (exact) mass is 379 g/mol. The highest BCUT2D eigenvalue weighted by molar-refractivity contribution is 7.92. The minimum Gasteiger partial charge on any atom is -0.343 e. The van der Waals surface area contributed by atoms with Crippen LogP contribution in [-0.4, -0.2) is 25.8 Å². The molecule has 0 radical (unpaired) electrons. The topological polar surface area (TPSA) is 63.2 Å². The number of carbonyl (C=O) groups excluding carboxylic acids is 1. The molecule has 0 spiro atoms. The van der Waals surface area contributed by atoms with Crippen molar-refractivity contribution in [2.45, 2.75) is 39.2 Å². The molecule has 1 atom stereocenters. The molecule has 0 bridgehead atoms. The van der Waals surface area contributed by atoms with Gasteiger partial charge in [-0.1, -0.05) is 51.1 Å². The van der Waals surface area contributed by atoms with Gasteiger partial charge in [0.1, 0.15) is 5.75 Å². The van der Waals surface area contributed by atoms with Gasteiger partial charge in [0, 0.05) is 4.88 Å². The van der Waals surface area contributed by atoms with Crippen LogP contribution in [0.2, 0.25) is 0 Å². The molecule has 0 aliphatic heterocycles. The standard InChI is InChI=1S/C19H25NO3S2/c1-4-12-25(22,23)13-18(21)20-19(17-6-5-11-24-17)16-9-7-15(8-10-16)14(2)3/h5-11,14,19H,4,12-13H2,1-3H3,(H,20,21). The third kappa shape index (κ3) is 5.68. The zero-order chi connectivity index (χ0) is 18.4. The lowest BCUT2D eigenvalue weighted by molar-refractivity contribution is -0.119. The van der Waals surface area contributed by atoms with Crippen molar-refractivity contribution in [3.63, 3.8) is 0 Å². The highest BCUT2D eigenvalue weighted by Crippen LogP contribution is 2.27. The SMILES string of the molecule is CCCS(=O)(=O)CC(=O)NC(c1ccc(C(C)C)cc1)c1cccs1. The van der Waals surface area contributed by atoms with E-state index in [1.807, 2.05) is 29.6 Å². The number of hydrogen-bond acceptors (Lipinski definition) is 4. The molecule has 1 heterocycles. The van der Waals surface area contributed by atoms with Gasteiger partial charge in [-0.3, -0.25) is 4.79 Å². The zero-order valence-electron chi connectivity index (χ0n) is 14.9. The van der Waals surface area contributed by atoms with Crippen molar-refractivity contribution in [3.8, 4) is 0 Å². The lowest BCUT2D eigenvalue weighted by Crippen LogP contribution is -2.34. The molecule has 6 heteroatoms. The summed E-state index contributed by atoms with van der Waals surface area (Å²) in [4.78, 5) is 13.3. The summed E-state index contributed by atoms with van der Waals surface area (Å²) in [7, 11) is -3.35. The Bertz CT molecular complexity index is 779. The van der Waals surface area contributed by atoms with Crippen molar-refractivity contribution < 1.29 is 13.2 Å². The van der Waals surface area contributed by atoms with E-state index >= 15 is 0 Å². The molecule has 1 N–H and O–H groups in total. The summed E-state index contributed by atoms with van der Waals surface area (Å²) < 4.78 is 23.8. The van der Waals surface area contributed by atoms with Crippen LogP contribution in [0.25, 0.3) is 0 Å². The number of benzene rings is 1. The van der Waals surface area contributed by atoms with E-state index < -0.39 is 21.5 Å². The highest BCUT2D eigenvalue weighted by atomic mass is 32.2. The molecule has 0 aliphatic rings. The Kier molecular flexibility index (Phi) is 6.79. The van der Waals surface area contributed by atoms with Gasteiger partial charge in [0.05, 0.1) is 11.8 Å². The van der Waals surface area contributed by atoms with Gasteiger partial charge in [-0.2, -0.15) is 0 Å². The van der Waals surface area contributed by atoms with Crippen molar-refractivity contribution in [1.29, 1.82) is 0 Å². The second-order valence-electron chi connectivity index (χ2n) is 6.43. The molecule has 2 aromatic rings. The molecule has 0 aliphatic carbocycles. The number of thiophene rings is 1. The molecule has 25 heavy (non-hydrogen) atoms. The Balaban J connectivity index is 2.21. The van der Waals surface area contributed by atoms with Crippen LogP contribution in [0.15, 0.2) is 41.8 Å². The van der Waals surface area contributed by atoms with Crippen LogP contribution in [0.1, 0.15) is 55.2 Å². The minimum atomic E-state index is -3.35. The first-order chi connectivity index (χ1) is 11.8. The number of carbonyl (C=O) groups is 1. The van der Waals surface area contributed by atoms with Crippen LogP contribution in [0.4, 0.5) is 0 Å². The van der Waals surface area contributed by atoms with E-state index in [1.54, 1.807) is 18.3 Å². The van der Waals surface area contributed by atoms with Crippen LogP contribution in [0, 0.1) is 0 Å². The van der Waals surface area contributed by atoms with Crippen molar-refractivity contribution >= 4 is 27.1 Å². The van der Waals surface area contributed by atoms with Gasteiger partial charge in [0.25, 0.3) is 0 Å². The normalized spacial score (nSPS) is 13.0. The molecule has 2 rings (SSSR count). The largest absolute Gasteiger partial charge is 0.343 e. The second-order valence-corrected chi connectivity index (χ2v) is 9.59. The molecule has 1 aromatic carbocycles. The van der Waals surface area contributed by atoms with Crippen LogP contribution < -0.4 is 5.32 Å². The van der Waals surface area contributed by atoms with E-state index in [1.165, 1.54) is 5.56 Å². The molecule has 1 aromatic heterocycles.